The maximum absolute atomic E-state index is 13.5. The largest absolute Gasteiger partial charge is 0.454 e. The van der Waals surface area contributed by atoms with Crippen LogP contribution in [0.2, 0.25) is 0 Å². The van der Waals surface area contributed by atoms with Crippen molar-refractivity contribution < 1.29 is 14.3 Å². The van der Waals surface area contributed by atoms with Gasteiger partial charge in [0.15, 0.2) is 17.3 Å². The maximum Gasteiger partial charge on any atom is 0.231 e. The predicted octanol–water partition coefficient (Wildman–Crippen LogP) is 4.88. The molecule has 1 fully saturated rings. The third-order valence-electron chi connectivity index (χ3n) is 5.81. The SMILES string of the molecule is Cc1ccc(C(=O)c2cnc3cc4c(cc3c2N2CCCCCC2)OCO4)cc1. The topological polar surface area (TPSA) is 51.7 Å². The van der Waals surface area contributed by atoms with E-state index in [2.05, 4.69) is 9.88 Å². The van der Waals surface area contributed by atoms with Crippen molar-refractivity contribution in [2.24, 2.45) is 0 Å². The first kappa shape index (κ1) is 18.0. The quantitative estimate of drug-likeness (QED) is 0.599. The van der Waals surface area contributed by atoms with E-state index in [1.54, 1.807) is 6.20 Å². The molecule has 0 saturated carbocycles. The average molecular weight is 388 g/mol. The Balaban J connectivity index is 1.69. The number of nitrogens with zero attached hydrogens (tertiary/aromatic N) is 2. The van der Waals surface area contributed by atoms with Crippen molar-refractivity contribution in [2.75, 3.05) is 24.8 Å². The van der Waals surface area contributed by atoms with Crippen molar-refractivity contribution in [1.82, 2.24) is 4.98 Å². The monoisotopic (exact) mass is 388 g/mol. The van der Waals surface area contributed by atoms with Crippen LogP contribution in [0.3, 0.4) is 0 Å². The Bertz CT molecular complexity index is 1070. The van der Waals surface area contributed by atoms with Crippen LogP contribution in [0.15, 0.2) is 42.6 Å². The molecule has 1 saturated heterocycles. The highest BCUT2D eigenvalue weighted by molar-refractivity contribution is 6.16. The number of rotatable bonds is 3. The third kappa shape index (κ3) is 3.31. The van der Waals surface area contributed by atoms with Gasteiger partial charge in [0.05, 0.1) is 16.8 Å². The highest BCUT2D eigenvalue weighted by Gasteiger charge is 2.25. The second-order valence-electron chi connectivity index (χ2n) is 7.84. The van der Waals surface area contributed by atoms with Crippen LogP contribution in [-0.4, -0.2) is 30.6 Å². The van der Waals surface area contributed by atoms with Gasteiger partial charge >= 0.3 is 0 Å². The Morgan fingerprint density at radius 1 is 0.966 bits per heavy atom. The molecule has 29 heavy (non-hydrogen) atoms. The molecule has 2 aliphatic rings. The molecule has 0 unspecified atom stereocenters. The van der Waals surface area contributed by atoms with Crippen LogP contribution in [0.5, 0.6) is 11.5 Å². The summed E-state index contributed by atoms with van der Waals surface area (Å²) in [7, 11) is 0. The van der Waals surface area contributed by atoms with E-state index in [4.69, 9.17) is 9.47 Å². The van der Waals surface area contributed by atoms with Crippen LogP contribution < -0.4 is 14.4 Å². The van der Waals surface area contributed by atoms with Crippen LogP contribution in [-0.2, 0) is 0 Å². The highest BCUT2D eigenvalue weighted by atomic mass is 16.7. The molecule has 2 aromatic carbocycles. The molecule has 0 N–H and O–H groups in total. The number of hydrogen-bond acceptors (Lipinski definition) is 5. The van der Waals surface area contributed by atoms with E-state index in [1.807, 2.05) is 43.3 Å². The molecule has 1 aromatic heterocycles. The van der Waals surface area contributed by atoms with Gasteiger partial charge in [-0.05, 0) is 25.8 Å². The number of fused-ring (bicyclic) bond motifs is 2. The van der Waals surface area contributed by atoms with E-state index in [0.717, 1.165) is 53.8 Å². The van der Waals surface area contributed by atoms with E-state index in [0.29, 0.717) is 16.9 Å². The summed E-state index contributed by atoms with van der Waals surface area (Å²) in [4.78, 5) is 20.4. The summed E-state index contributed by atoms with van der Waals surface area (Å²) in [6, 6.07) is 11.6. The Kier molecular flexibility index (Phi) is 4.58. The summed E-state index contributed by atoms with van der Waals surface area (Å²) in [5.41, 5.74) is 4.28. The van der Waals surface area contributed by atoms with Gasteiger partial charge in [0, 0.05) is 36.3 Å². The molecule has 0 spiro atoms. The molecule has 0 aliphatic carbocycles. The highest BCUT2D eigenvalue weighted by Crippen LogP contribution is 2.40. The zero-order chi connectivity index (χ0) is 19.8. The van der Waals surface area contributed by atoms with Crippen LogP contribution >= 0.6 is 0 Å². The number of benzene rings is 2. The average Bonchev–Trinajstić information content (AvgIpc) is 3.02. The fourth-order valence-electron chi connectivity index (χ4n) is 4.23. The van der Waals surface area contributed by atoms with Crippen molar-refractivity contribution in [1.29, 1.82) is 0 Å². The minimum atomic E-state index is 0.0105. The van der Waals surface area contributed by atoms with E-state index in [-0.39, 0.29) is 12.6 Å². The van der Waals surface area contributed by atoms with Gasteiger partial charge in [0.25, 0.3) is 0 Å². The Morgan fingerprint density at radius 3 is 2.38 bits per heavy atom. The molecule has 0 bridgehead atoms. The van der Waals surface area contributed by atoms with Gasteiger partial charge in [0.1, 0.15) is 0 Å². The first-order valence-corrected chi connectivity index (χ1v) is 10.3. The van der Waals surface area contributed by atoms with Gasteiger partial charge in [-0.25, -0.2) is 0 Å². The first-order valence-electron chi connectivity index (χ1n) is 10.3. The number of ketones is 1. The van der Waals surface area contributed by atoms with Crippen LogP contribution in [0, 0.1) is 6.92 Å². The number of carbonyl (C=O) groups is 1. The van der Waals surface area contributed by atoms with Gasteiger partial charge in [-0.2, -0.15) is 0 Å². The molecule has 3 aromatic rings. The number of carbonyl (C=O) groups excluding carboxylic acids is 1. The fourth-order valence-corrected chi connectivity index (χ4v) is 4.23. The summed E-state index contributed by atoms with van der Waals surface area (Å²) >= 11 is 0. The van der Waals surface area contributed by atoms with Gasteiger partial charge < -0.3 is 14.4 Å². The van der Waals surface area contributed by atoms with E-state index in [1.165, 1.54) is 12.8 Å². The molecule has 2 aliphatic heterocycles. The number of aromatic nitrogens is 1. The van der Waals surface area contributed by atoms with Crippen molar-refractivity contribution in [3.63, 3.8) is 0 Å². The zero-order valence-electron chi connectivity index (χ0n) is 16.6. The molecule has 0 atom stereocenters. The lowest BCUT2D eigenvalue weighted by atomic mass is 9.98. The van der Waals surface area contributed by atoms with Gasteiger partial charge in [-0.3, -0.25) is 9.78 Å². The molecule has 0 radical (unpaired) electrons. The fraction of sp³-hybridized carbons (Fsp3) is 0.333. The molecule has 5 rings (SSSR count). The standard InChI is InChI=1S/C24H24N2O3/c1-16-6-8-17(9-7-16)24(27)19-14-25-20-13-22-21(28-15-29-22)12-18(20)23(19)26-10-4-2-3-5-11-26/h6-9,12-14H,2-5,10-11,15H2,1H3. The molecular weight excluding hydrogens is 364 g/mol. The Morgan fingerprint density at radius 2 is 1.66 bits per heavy atom. The summed E-state index contributed by atoms with van der Waals surface area (Å²) in [6.07, 6.45) is 6.45. The minimum Gasteiger partial charge on any atom is -0.454 e. The number of hydrogen-bond donors (Lipinski definition) is 0. The normalized spacial score (nSPS) is 16.1. The van der Waals surface area contributed by atoms with Crippen molar-refractivity contribution >= 4 is 22.4 Å². The summed E-state index contributed by atoms with van der Waals surface area (Å²) in [5, 5.41) is 0.953. The summed E-state index contributed by atoms with van der Waals surface area (Å²) in [6.45, 7) is 4.14. The third-order valence-corrected chi connectivity index (χ3v) is 5.81. The van der Waals surface area contributed by atoms with E-state index in [9.17, 15) is 4.79 Å². The smallest absolute Gasteiger partial charge is 0.231 e. The lowest BCUT2D eigenvalue weighted by molar-refractivity contribution is 0.103. The number of pyridine rings is 1. The zero-order valence-corrected chi connectivity index (χ0v) is 16.6. The number of ether oxygens (including phenoxy) is 2. The number of aryl methyl sites for hydroxylation is 1. The molecule has 148 valence electrons. The molecule has 5 nitrogen and oxygen atoms in total. The van der Waals surface area contributed by atoms with E-state index < -0.39 is 0 Å². The molecule has 0 amide bonds. The van der Waals surface area contributed by atoms with Gasteiger partial charge in [-0.15, -0.1) is 0 Å². The van der Waals surface area contributed by atoms with Gasteiger partial charge in [-0.1, -0.05) is 42.7 Å². The molecule has 3 heterocycles. The second-order valence-corrected chi connectivity index (χ2v) is 7.84. The van der Waals surface area contributed by atoms with Crippen LogP contribution in [0.25, 0.3) is 10.9 Å². The van der Waals surface area contributed by atoms with Crippen LogP contribution in [0.1, 0.15) is 47.2 Å². The van der Waals surface area contributed by atoms with E-state index >= 15 is 0 Å². The van der Waals surface area contributed by atoms with Crippen molar-refractivity contribution in [2.45, 2.75) is 32.6 Å². The predicted molar refractivity (Wildman–Crippen MR) is 113 cm³/mol. The lowest BCUT2D eigenvalue weighted by Crippen LogP contribution is -2.26. The Hall–Kier alpha value is -3.08. The second kappa shape index (κ2) is 7.39. The molecule has 5 heteroatoms. The maximum atomic E-state index is 13.5. The first-order chi connectivity index (χ1) is 14.2. The van der Waals surface area contributed by atoms with Crippen molar-refractivity contribution in [3.8, 4) is 11.5 Å². The summed E-state index contributed by atoms with van der Waals surface area (Å²) in [5.74, 6) is 1.44. The van der Waals surface area contributed by atoms with Crippen LogP contribution in [0.4, 0.5) is 5.69 Å². The summed E-state index contributed by atoms with van der Waals surface area (Å²) < 4.78 is 11.1. The molecular formula is C24H24N2O3. The van der Waals surface area contributed by atoms with Gasteiger partial charge in [0.2, 0.25) is 6.79 Å². The lowest BCUT2D eigenvalue weighted by Gasteiger charge is -2.26. The Labute approximate surface area is 170 Å². The number of anilines is 1. The minimum absolute atomic E-state index is 0.0105. The van der Waals surface area contributed by atoms with Crippen molar-refractivity contribution in [3.05, 3.63) is 59.3 Å².